The number of nitrogens with one attached hydrogen (secondary N) is 2. The van der Waals surface area contributed by atoms with Gasteiger partial charge in [-0.05, 0) is 37.6 Å². The van der Waals surface area contributed by atoms with Crippen LogP contribution in [0, 0.1) is 0 Å². The van der Waals surface area contributed by atoms with Crippen LogP contribution in [0.25, 0.3) is 0 Å². The molecule has 0 bridgehead atoms. The van der Waals surface area contributed by atoms with Gasteiger partial charge in [0.15, 0.2) is 0 Å². The summed E-state index contributed by atoms with van der Waals surface area (Å²) >= 11 is 3.30. The zero-order valence-corrected chi connectivity index (χ0v) is 15.5. The molecule has 0 spiro atoms. The van der Waals surface area contributed by atoms with Crippen LogP contribution < -0.4 is 10.6 Å². The second kappa shape index (κ2) is 10.8. The summed E-state index contributed by atoms with van der Waals surface area (Å²) in [6, 6.07) is 6.46. The first-order valence-electron chi connectivity index (χ1n) is 7.96. The fourth-order valence-electron chi connectivity index (χ4n) is 1.92. The van der Waals surface area contributed by atoms with Gasteiger partial charge >= 0.3 is 5.97 Å². The molecule has 1 aromatic carbocycles. The van der Waals surface area contributed by atoms with E-state index in [0.29, 0.717) is 17.9 Å². The molecule has 7 heteroatoms. The van der Waals surface area contributed by atoms with Crippen molar-refractivity contribution in [1.82, 2.24) is 5.32 Å². The highest BCUT2D eigenvalue weighted by Crippen LogP contribution is 2.11. The minimum absolute atomic E-state index is 0.108. The van der Waals surface area contributed by atoms with Gasteiger partial charge in [0.25, 0.3) is 0 Å². The van der Waals surface area contributed by atoms with Crippen molar-refractivity contribution in [3.8, 4) is 0 Å². The predicted octanol–water partition coefficient (Wildman–Crippen LogP) is 2.87. The Balaban J connectivity index is 2.37. The van der Waals surface area contributed by atoms with Crippen molar-refractivity contribution < 1.29 is 19.1 Å². The van der Waals surface area contributed by atoms with E-state index in [-0.39, 0.29) is 29.6 Å². The van der Waals surface area contributed by atoms with Crippen LogP contribution in [0.5, 0.6) is 0 Å². The summed E-state index contributed by atoms with van der Waals surface area (Å²) < 4.78 is 4.89. The van der Waals surface area contributed by atoms with Gasteiger partial charge in [0.1, 0.15) is 0 Å². The van der Waals surface area contributed by atoms with E-state index in [1.165, 1.54) is 0 Å². The van der Waals surface area contributed by atoms with Crippen molar-refractivity contribution in [3.05, 3.63) is 29.8 Å². The van der Waals surface area contributed by atoms with Gasteiger partial charge in [-0.1, -0.05) is 29.3 Å². The number of alkyl halides is 1. The second-order valence-corrected chi connectivity index (χ2v) is 6.25. The Morgan fingerprint density at radius 2 is 1.83 bits per heavy atom. The maximum Gasteiger partial charge on any atom is 0.338 e. The summed E-state index contributed by atoms with van der Waals surface area (Å²) in [5, 5.41) is 5.43. The lowest BCUT2D eigenvalue weighted by Crippen LogP contribution is -2.33. The molecule has 0 fully saturated rings. The van der Waals surface area contributed by atoms with E-state index in [4.69, 9.17) is 4.74 Å². The van der Waals surface area contributed by atoms with Crippen molar-refractivity contribution in [2.45, 2.75) is 37.9 Å². The average molecular weight is 399 g/mol. The summed E-state index contributed by atoms with van der Waals surface area (Å²) in [5.41, 5.74) is 1.02. The molecule has 0 aromatic heterocycles. The third-order valence-corrected chi connectivity index (χ3v) is 4.03. The maximum absolute atomic E-state index is 11.8. The largest absolute Gasteiger partial charge is 0.462 e. The third-order valence-electron chi connectivity index (χ3n) is 3.16. The smallest absolute Gasteiger partial charge is 0.338 e. The summed E-state index contributed by atoms with van der Waals surface area (Å²) in [6.07, 6.45) is 1.84. The molecule has 0 aliphatic heterocycles. The zero-order chi connectivity index (χ0) is 17.9. The van der Waals surface area contributed by atoms with Gasteiger partial charge in [0, 0.05) is 18.7 Å². The van der Waals surface area contributed by atoms with Crippen molar-refractivity contribution in [1.29, 1.82) is 0 Å². The number of halogens is 1. The number of benzene rings is 1. The summed E-state index contributed by atoms with van der Waals surface area (Å²) in [6.45, 7) is 4.33. The van der Waals surface area contributed by atoms with Crippen LogP contribution in [0.15, 0.2) is 24.3 Å². The van der Waals surface area contributed by atoms with Crippen LogP contribution in [0.1, 0.15) is 43.5 Å². The molecule has 2 N–H and O–H groups in total. The highest BCUT2D eigenvalue weighted by atomic mass is 79.9. The molecule has 132 valence electrons. The first-order chi connectivity index (χ1) is 11.5. The van der Waals surface area contributed by atoms with Crippen molar-refractivity contribution in [3.63, 3.8) is 0 Å². The minimum Gasteiger partial charge on any atom is -0.462 e. The quantitative estimate of drug-likeness (QED) is 0.494. The SMILES string of the molecule is CCC[C@@H](Br)C(=O)NCCC(=O)Nc1ccc(C(=O)OCC)cc1. The minimum atomic E-state index is -0.394. The van der Waals surface area contributed by atoms with Crippen molar-refractivity contribution >= 4 is 39.4 Å². The van der Waals surface area contributed by atoms with Crippen LogP contribution in [-0.2, 0) is 14.3 Å². The molecule has 0 saturated carbocycles. The van der Waals surface area contributed by atoms with E-state index in [0.717, 1.165) is 12.8 Å². The standard InChI is InChI=1S/C17H23BrN2O4/c1-3-5-14(18)16(22)19-11-10-15(21)20-13-8-6-12(7-9-13)17(23)24-4-2/h6-9,14H,3-5,10-11H2,1-2H3,(H,19,22)(H,20,21)/t14-/m1/s1. The second-order valence-electron chi connectivity index (χ2n) is 5.14. The van der Waals surface area contributed by atoms with Gasteiger partial charge in [-0.25, -0.2) is 4.79 Å². The number of ether oxygens (including phenoxy) is 1. The topological polar surface area (TPSA) is 84.5 Å². The molecule has 0 heterocycles. The van der Waals surface area contributed by atoms with Crippen molar-refractivity contribution in [2.75, 3.05) is 18.5 Å². The van der Waals surface area contributed by atoms with Gasteiger partial charge in [-0.15, -0.1) is 0 Å². The van der Waals surface area contributed by atoms with E-state index in [1.54, 1.807) is 31.2 Å². The van der Waals surface area contributed by atoms with Gasteiger partial charge in [0.2, 0.25) is 11.8 Å². The van der Waals surface area contributed by atoms with Crippen LogP contribution in [0.4, 0.5) is 5.69 Å². The van der Waals surface area contributed by atoms with E-state index in [2.05, 4.69) is 26.6 Å². The molecule has 1 atom stereocenters. The monoisotopic (exact) mass is 398 g/mol. The number of hydrogen-bond acceptors (Lipinski definition) is 4. The van der Waals surface area contributed by atoms with Gasteiger partial charge in [-0.2, -0.15) is 0 Å². The Kier molecular flexibility index (Phi) is 9.07. The highest BCUT2D eigenvalue weighted by molar-refractivity contribution is 9.10. The number of esters is 1. The lowest BCUT2D eigenvalue weighted by molar-refractivity contribution is -0.120. The summed E-state index contributed by atoms with van der Waals surface area (Å²) in [5.74, 6) is -0.710. The van der Waals surface area contributed by atoms with E-state index < -0.39 is 5.97 Å². The molecular weight excluding hydrogens is 376 g/mol. The lowest BCUT2D eigenvalue weighted by atomic mass is 10.2. The predicted molar refractivity (Wildman–Crippen MR) is 96.3 cm³/mol. The number of hydrogen-bond donors (Lipinski definition) is 2. The fraction of sp³-hybridized carbons (Fsp3) is 0.471. The van der Waals surface area contributed by atoms with Gasteiger partial charge < -0.3 is 15.4 Å². The Hall–Kier alpha value is -1.89. The fourth-order valence-corrected chi connectivity index (χ4v) is 2.54. The zero-order valence-electron chi connectivity index (χ0n) is 13.9. The molecule has 0 radical (unpaired) electrons. The van der Waals surface area contributed by atoms with E-state index in [1.807, 2.05) is 6.92 Å². The Bertz CT molecular complexity index is 560. The van der Waals surface area contributed by atoms with Crippen LogP contribution in [-0.4, -0.2) is 35.8 Å². The van der Waals surface area contributed by atoms with E-state index >= 15 is 0 Å². The molecule has 1 rings (SSSR count). The first kappa shape index (κ1) is 20.2. The van der Waals surface area contributed by atoms with Crippen LogP contribution in [0.2, 0.25) is 0 Å². The molecule has 0 aliphatic carbocycles. The highest BCUT2D eigenvalue weighted by Gasteiger charge is 2.13. The number of amides is 2. The van der Waals surface area contributed by atoms with Crippen LogP contribution in [0.3, 0.4) is 0 Å². The number of carbonyl (C=O) groups is 3. The number of rotatable bonds is 9. The Labute approximate surface area is 150 Å². The third kappa shape index (κ3) is 7.12. The Morgan fingerprint density at radius 3 is 2.42 bits per heavy atom. The molecule has 0 unspecified atom stereocenters. The average Bonchev–Trinajstić information content (AvgIpc) is 2.55. The number of anilines is 1. The first-order valence-corrected chi connectivity index (χ1v) is 8.88. The summed E-state index contributed by atoms with van der Waals surface area (Å²) in [7, 11) is 0. The molecule has 0 saturated heterocycles. The Morgan fingerprint density at radius 1 is 1.17 bits per heavy atom. The number of carbonyl (C=O) groups excluding carboxylic acids is 3. The molecule has 24 heavy (non-hydrogen) atoms. The normalized spacial score (nSPS) is 11.5. The molecule has 6 nitrogen and oxygen atoms in total. The van der Waals surface area contributed by atoms with Crippen molar-refractivity contribution in [2.24, 2.45) is 0 Å². The summed E-state index contributed by atoms with van der Waals surface area (Å²) in [4.78, 5) is 34.8. The molecular formula is C17H23BrN2O4. The lowest BCUT2D eigenvalue weighted by Gasteiger charge is -2.10. The van der Waals surface area contributed by atoms with Crippen LogP contribution >= 0.6 is 15.9 Å². The molecule has 1 aromatic rings. The van der Waals surface area contributed by atoms with Gasteiger partial charge in [-0.3, -0.25) is 9.59 Å². The molecule has 0 aliphatic rings. The maximum atomic E-state index is 11.8. The molecule has 2 amide bonds. The van der Waals surface area contributed by atoms with Gasteiger partial charge in [0.05, 0.1) is 17.0 Å². The van der Waals surface area contributed by atoms with E-state index in [9.17, 15) is 14.4 Å².